The normalized spacial score (nSPS) is 20.5. The Hall–Kier alpha value is -4.80. The quantitative estimate of drug-likeness (QED) is 0.165. The number of aryl methyl sites for hydroxylation is 1. The maximum atomic E-state index is 14.0. The van der Waals surface area contributed by atoms with Crippen LogP contribution >= 0.6 is 27.5 Å². The molecule has 6 rings (SSSR count). The fraction of sp³-hybridized carbons (Fsp3) is 0.364. The Morgan fingerprint density at radius 1 is 1.06 bits per heavy atom. The first-order valence-electron chi connectivity index (χ1n) is 15.9. The van der Waals surface area contributed by atoms with Crippen LogP contribution in [-0.2, 0) is 16.6 Å². The highest BCUT2D eigenvalue weighted by Crippen LogP contribution is 2.37. The number of halogens is 2. The number of morpholine rings is 1. The molecule has 4 aromatic rings. The van der Waals surface area contributed by atoms with Crippen molar-refractivity contribution in [1.29, 1.82) is 0 Å². The molecule has 4 atom stereocenters. The molecule has 15 nitrogen and oxygen atoms in total. The molecule has 3 N–H and O–H groups in total. The van der Waals surface area contributed by atoms with Crippen LogP contribution in [0.25, 0.3) is 10.9 Å². The van der Waals surface area contributed by atoms with Crippen molar-refractivity contribution < 1.29 is 24.0 Å². The molecule has 2 aromatic carbocycles. The van der Waals surface area contributed by atoms with E-state index in [1.165, 1.54) is 23.2 Å². The van der Waals surface area contributed by atoms with Gasteiger partial charge in [-0.3, -0.25) is 34.2 Å². The number of hydrogen-bond donors (Lipinski definition) is 3. The van der Waals surface area contributed by atoms with E-state index in [4.69, 9.17) is 16.3 Å². The summed E-state index contributed by atoms with van der Waals surface area (Å²) in [7, 11) is 3.48. The number of hydrogen-bond acceptors (Lipinski definition) is 10. The number of benzene rings is 2. The molecule has 3 amide bonds. The smallest absolute Gasteiger partial charge is 0.294 e. The second kappa shape index (κ2) is 14.2. The molecule has 0 spiro atoms. The van der Waals surface area contributed by atoms with Gasteiger partial charge in [-0.15, -0.1) is 0 Å². The van der Waals surface area contributed by atoms with Gasteiger partial charge in [-0.05, 0) is 44.5 Å². The van der Waals surface area contributed by atoms with Crippen LogP contribution in [0.4, 0.5) is 22.7 Å². The fourth-order valence-electron chi connectivity index (χ4n) is 6.55. The van der Waals surface area contributed by atoms with Crippen LogP contribution < -0.4 is 16.0 Å². The summed E-state index contributed by atoms with van der Waals surface area (Å²) in [5.41, 5.74) is 1.71. The van der Waals surface area contributed by atoms with Gasteiger partial charge in [0, 0.05) is 68.1 Å². The number of aromatic nitrogens is 3. The molecule has 0 saturated carbocycles. The van der Waals surface area contributed by atoms with Crippen molar-refractivity contribution in [3.8, 4) is 0 Å². The number of rotatable bonds is 8. The van der Waals surface area contributed by atoms with Gasteiger partial charge in [-0.25, -0.2) is 0 Å². The largest absolute Gasteiger partial charge is 0.387 e. The number of pyridine rings is 1. The number of carbonyl (C=O) groups excluding carboxylic acids is 3. The molecule has 0 bridgehead atoms. The summed E-state index contributed by atoms with van der Waals surface area (Å²) >= 11 is 10.0. The standard InChI is InChI=1S/C33H35BrClN9O6/c1-17-14-42(15-18(2)50-17)33(47)23-8-20(34)9-27(44(48)49)30(23)39-22-10-28(43(16-22)32(46)19-7-21(36-3)12-37-11-19)31(45)40-25-5-6-26-24(29(25)35)13-38-41(26)4/h5-9,11-13,17-18,22,28,36,39H,10,14-16H2,1-4H3,(H,40,45)/t17-,18+,22-,28+/m1/s1. The summed E-state index contributed by atoms with van der Waals surface area (Å²) in [4.78, 5) is 61.0. The van der Waals surface area contributed by atoms with Crippen molar-refractivity contribution in [3.05, 3.63) is 79.7 Å². The first-order chi connectivity index (χ1) is 23.8. The highest BCUT2D eigenvalue weighted by molar-refractivity contribution is 9.10. The van der Waals surface area contributed by atoms with Crippen LogP contribution in [-0.4, -0.2) is 98.2 Å². The molecule has 2 saturated heterocycles. The van der Waals surface area contributed by atoms with Crippen molar-refractivity contribution in [3.63, 3.8) is 0 Å². The second-order valence-corrected chi connectivity index (χ2v) is 13.7. The van der Waals surface area contributed by atoms with Gasteiger partial charge in [0.1, 0.15) is 11.7 Å². The van der Waals surface area contributed by atoms with Crippen molar-refractivity contribution in [1.82, 2.24) is 24.6 Å². The molecule has 0 radical (unpaired) electrons. The molecule has 4 heterocycles. The monoisotopic (exact) mass is 767 g/mol. The number of fused-ring (bicyclic) bond motifs is 1. The molecule has 0 unspecified atom stereocenters. The van der Waals surface area contributed by atoms with Gasteiger partial charge in [-0.1, -0.05) is 27.5 Å². The number of amides is 3. The first kappa shape index (κ1) is 35.0. The van der Waals surface area contributed by atoms with Crippen LogP contribution in [0.5, 0.6) is 0 Å². The topological polar surface area (TPSA) is 177 Å². The summed E-state index contributed by atoms with van der Waals surface area (Å²) in [6, 6.07) is 6.24. The number of anilines is 3. The average Bonchev–Trinajstić information content (AvgIpc) is 3.69. The van der Waals surface area contributed by atoms with Crippen LogP contribution in [0.15, 0.2) is 53.4 Å². The predicted octanol–water partition coefficient (Wildman–Crippen LogP) is 4.92. The zero-order chi connectivity index (χ0) is 35.9. The summed E-state index contributed by atoms with van der Waals surface area (Å²) in [5.74, 6) is -1.39. The van der Waals surface area contributed by atoms with E-state index in [2.05, 4.69) is 42.0 Å². The maximum absolute atomic E-state index is 14.0. The van der Waals surface area contributed by atoms with E-state index >= 15 is 0 Å². The molecule has 17 heteroatoms. The second-order valence-electron chi connectivity index (χ2n) is 12.5. The average molecular weight is 769 g/mol. The molecule has 2 fully saturated rings. The number of nitro groups is 1. The van der Waals surface area contributed by atoms with E-state index in [9.17, 15) is 24.5 Å². The number of nitrogens with zero attached hydrogens (tertiary/aromatic N) is 6. The van der Waals surface area contributed by atoms with E-state index < -0.39 is 34.7 Å². The Bertz CT molecular complexity index is 2000. The lowest BCUT2D eigenvalue weighted by Crippen LogP contribution is -2.48. The zero-order valence-electron chi connectivity index (χ0n) is 27.6. The lowest BCUT2D eigenvalue weighted by molar-refractivity contribution is -0.384. The van der Waals surface area contributed by atoms with E-state index in [0.717, 1.165) is 5.52 Å². The highest BCUT2D eigenvalue weighted by atomic mass is 79.9. The zero-order valence-corrected chi connectivity index (χ0v) is 30.0. The van der Waals surface area contributed by atoms with Gasteiger partial charge < -0.3 is 30.5 Å². The van der Waals surface area contributed by atoms with Crippen molar-refractivity contribution in [2.75, 3.05) is 42.6 Å². The summed E-state index contributed by atoms with van der Waals surface area (Å²) in [5, 5.41) is 26.6. The van der Waals surface area contributed by atoms with E-state index in [1.54, 1.807) is 54.3 Å². The lowest BCUT2D eigenvalue weighted by Gasteiger charge is -2.35. The molecule has 2 aliphatic rings. The fourth-order valence-corrected chi connectivity index (χ4v) is 7.26. The van der Waals surface area contributed by atoms with Crippen molar-refractivity contribution in [2.24, 2.45) is 7.05 Å². The summed E-state index contributed by atoms with van der Waals surface area (Å²) in [6.07, 6.45) is 4.19. The number of nitro benzene ring substituents is 1. The number of likely N-dealkylation sites (tertiary alicyclic amines) is 1. The predicted molar refractivity (Wildman–Crippen MR) is 192 cm³/mol. The third-order valence-electron chi connectivity index (χ3n) is 8.83. The van der Waals surface area contributed by atoms with Crippen molar-refractivity contribution >= 4 is 78.9 Å². The molecule has 2 aliphatic heterocycles. The Morgan fingerprint density at radius 3 is 2.50 bits per heavy atom. The number of nitrogens with one attached hydrogen (secondary N) is 3. The van der Waals surface area contributed by atoms with Crippen molar-refractivity contribution in [2.45, 2.75) is 44.6 Å². The Morgan fingerprint density at radius 2 is 1.80 bits per heavy atom. The first-order valence-corrected chi connectivity index (χ1v) is 17.1. The maximum Gasteiger partial charge on any atom is 0.294 e. The third-order valence-corrected chi connectivity index (χ3v) is 9.69. The molecular formula is C33H35BrClN9O6. The molecule has 50 heavy (non-hydrogen) atoms. The van der Waals surface area contributed by atoms with Crippen LogP contribution in [0.1, 0.15) is 41.0 Å². The van der Waals surface area contributed by atoms with Crippen LogP contribution in [0.2, 0.25) is 5.02 Å². The molecule has 0 aliphatic carbocycles. The lowest BCUT2D eigenvalue weighted by atomic mass is 10.1. The van der Waals surface area contributed by atoms with Gasteiger partial charge >= 0.3 is 0 Å². The minimum atomic E-state index is -1.02. The van der Waals surface area contributed by atoms with Crippen LogP contribution in [0.3, 0.4) is 0 Å². The number of carbonyl (C=O) groups is 3. The Balaban J connectivity index is 1.34. The van der Waals surface area contributed by atoms with Crippen LogP contribution in [0, 0.1) is 10.1 Å². The van der Waals surface area contributed by atoms with Gasteiger partial charge in [0.15, 0.2) is 0 Å². The SMILES string of the molecule is CNc1cncc(C(=O)N2C[C@H](Nc3c(C(=O)N4C[C@@H](C)O[C@@H](C)C4)cc(Br)cc3[N+](=O)[O-])C[C@H]2C(=O)Nc2ccc3c(cnn3C)c2Cl)c1. The Labute approximate surface area is 300 Å². The third kappa shape index (κ3) is 6.95. The molecule has 262 valence electrons. The summed E-state index contributed by atoms with van der Waals surface area (Å²) < 4.78 is 7.81. The van der Waals surface area contributed by atoms with E-state index in [-0.39, 0.29) is 47.7 Å². The number of ether oxygens (including phenoxy) is 1. The minimum absolute atomic E-state index is 0.00243. The summed E-state index contributed by atoms with van der Waals surface area (Å²) in [6.45, 7) is 4.33. The highest BCUT2D eigenvalue weighted by Gasteiger charge is 2.42. The minimum Gasteiger partial charge on any atom is -0.387 e. The van der Waals surface area contributed by atoms with Gasteiger partial charge in [0.2, 0.25) is 5.91 Å². The Kier molecular flexibility index (Phi) is 9.96. The van der Waals surface area contributed by atoms with Gasteiger partial charge in [0.25, 0.3) is 17.5 Å². The van der Waals surface area contributed by atoms with E-state index in [0.29, 0.717) is 39.3 Å². The van der Waals surface area contributed by atoms with Gasteiger partial charge in [0.05, 0.1) is 56.4 Å². The molecular weight excluding hydrogens is 734 g/mol. The van der Waals surface area contributed by atoms with Gasteiger partial charge in [-0.2, -0.15) is 5.10 Å². The molecule has 2 aromatic heterocycles. The van der Waals surface area contributed by atoms with E-state index in [1.807, 2.05) is 13.8 Å².